The van der Waals surface area contributed by atoms with Crippen LogP contribution in [0.2, 0.25) is 5.02 Å². The third-order valence-electron chi connectivity index (χ3n) is 2.21. The smallest absolute Gasteiger partial charge is 0.254 e. The molecule has 0 radical (unpaired) electrons. The maximum atomic E-state index is 11.7. The average Bonchev–Trinajstić information content (AvgIpc) is 2.22. The number of nitrogens with one attached hydrogen (secondary N) is 1. The summed E-state index contributed by atoms with van der Waals surface area (Å²) >= 11 is 5.91. The molecule has 0 fully saturated rings. The molecule has 1 aromatic rings. The van der Waals surface area contributed by atoms with Crippen LogP contribution in [0.15, 0.2) is 12.3 Å². The molecule has 0 atom stereocenters. The third-order valence-corrected chi connectivity index (χ3v) is 3.56. The molecule has 1 aromatic heterocycles. The van der Waals surface area contributed by atoms with Crippen LogP contribution in [0, 0.1) is 6.92 Å². The number of pyridine rings is 1. The molecule has 18 heavy (non-hydrogen) atoms. The van der Waals surface area contributed by atoms with Crippen LogP contribution in [-0.2, 0) is 9.84 Å². The number of hydrogen-bond donors (Lipinski definition) is 1. The van der Waals surface area contributed by atoms with E-state index in [1.54, 1.807) is 13.0 Å². The first-order valence-electron chi connectivity index (χ1n) is 5.37. The summed E-state index contributed by atoms with van der Waals surface area (Å²) in [6, 6.07) is 1.60. The van der Waals surface area contributed by atoms with Gasteiger partial charge in [-0.25, -0.2) is 8.42 Å². The van der Waals surface area contributed by atoms with Crippen molar-refractivity contribution >= 4 is 27.3 Å². The zero-order valence-electron chi connectivity index (χ0n) is 10.2. The first kappa shape index (κ1) is 14.9. The van der Waals surface area contributed by atoms with Crippen molar-refractivity contribution in [3.8, 4) is 0 Å². The van der Waals surface area contributed by atoms with E-state index in [1.165, 1.54) is 6.20 Å². The summed E-state index contributed by atoms with van der Waals surface area (Å²) in [5.41, 5.74) is 1.02. The number of amides is 1. The number of nitrogens with zero attached hydrogens (tertiary/aromatic N) is 1. The van der Waals surface area contributed by atoms with Crippen molar-refractivity contribution in [2.45, 2.75) is 13.3 Å². The predicted octanol–water partition coefficient (Wildman–Crippen LogP) is 1.21. The van der Waals surface area contributed by atoms with Crippen LogP contribution in [-0.4, -0.2) is 37.9 Å². The van der Waals surface area contributed by atoms with Crippen molar-refractivity contribution in [1.82, 2.24) is 10.3 Å². The number of carbonyl (C=O) groups is 1. The highest BCUT2D eigenvalue weighted by Gasteiger charge is 2.10. The summed E-state index contributed by atoms with van der Waals surface area (Å²) < 4.78 is 21.8. The summed E-state index contributed by atoms with van der Waals surface area (Å²) in [5, 5.41) is 2.94. The fraction of sp³-hybridized carbons (Fsp3) is 0.455. The molecule has 0 saturated heterocycles. The van der Waals surface area contributed by atoms with E-state index in [0.29, 0.717) is 17.0 Å². The molecule has 0 unspecified atom stereocenters. The molecule has 0 bridgehead atoms. The number of sulfone groups is 1. The van der Waals surface area contributed by atoms with Gasteiger partial charge in [0, 0.05) is 24.7 Å². The number of aryl methyl sites for hydroxylation is 1. The van der Waals surface area contributed by atoms with E-state index in [-0.39, 0.29) is 18.2 Å². The van der Waals surface area contributed by atoms with Gasteiger partial charge in [-0.3, -0.25) is 9.78 Å². The number of carbonyl (C=O) groups excluding carboxylic acids is 1. The van der Waals surface area contributed by atoms with Crippen LogP contribution < -0.4 is 5.32 Å². The molecule has 0 aliphatic carbocycles. The molecule has 0 aromatic carbocycles. The Morgan fingerprint density at radius 3 is 2.72 bits per heavy atom. The Kier molecular flexibility index (Phi) is 5.10. The second kappa shape index (κ2) is 6.15. The molecule has 0 aliphatic rings. The summed E-state index contributed by atoms with van der Waals surface area (Å²) in [7, 11) is -2.99. The molecule has 1 N–H and O–H groups in total. The minimum Gasteiger partial charge on any atom is -0.352 e. The average molecular weight is 291 g/mol. The van der Waals surface area contributed by atoms with Crippen LogP contribution in [0.3, 0.4) is 0 Å². The lowest BCUT2D eigenvalue weighted by Crippen LogP contribution is -2.26. The Morgan fingerprint density at radius 1 is 1.50 bits per heavy atom. The lowest BCUT2D eigenvalue weighted by Gasteiger charge is -2.06. The van der Waals surface area contributed by atoms with Crippen molar-refractivity contribution in [3.05, 3.63) is 28.5 Å². The van der Waals surface area contributed by atoms with E-state index in [4.69, 9.17) is 11.6 Å². The SMILES string of the molecule is Cc1cc(Cl)c(C(=O)NCCCS(C)(=O)=O)cn1. The lowest BCUT2D eigenvalue weighted by molar-refractivity contribution is 0.0953. The van der Waals surface area contributed by atoms with E-state index in [2.05, 4.69) is 10.3 Å². The Labute approximate surface area is 111 Å². The quantitative estimate of drug-likeness (QED) is 0.827. The molecule has 1 amide bonds. The first-order chi connectivity index (χ1) is 8.29. The van der Waals surface area contributed by atoms with E-state index in [1.807, 2.05) is 0 Å². The van der Waals surface area contributed by atoms with Crippen molar-refractivity contribution in [3.63, 3.8) is 0 Å². The van der Waals surface area contributed by atoms with Crippen molar-refractivity contribution in [2.24, 2.45) is 0 Å². The largest absolute Gasteiger partial charge is 0.352 e. The number of hydrogen-bond acceptors (Lipinski definition) is 4. The summed E-state index contributed by atoms with van der Waals surface area (Å²) in [6.45, 7) is 2.07. The van der Waals surface area contributed by atoms with Crippen molar-refractivity contribution in [2.75, 3.05) is 18.6 Å². The van der Waals surface area contributed by atoms with E-state index in [0.717, 1.165) is 11.9 Å². The lowest BCUT2D eigenvalue weighted by atomic mass is 10.2. The molecule has 0 aliphatic heterocycles. The predicted molar refractivity (Wildman–Crippen MR) is 70.6 cm³/mol. The third kappa shape index (κ3) is 5.01. The second-order valence-corrected chi connectivity index (χ2v) is 6.71. The van der Waals surface area contributed by atoms with E-state index in [9.17, 15) is 13.2 Å². The van der Waals surface area contributed by atoms with Gasteiger partial charge in [-0.1, -0.05) is 11.6 Å². The van der Waals surface area contributed by atoms with Crippen LogP contribution in [0.1, 0.15) is 22.5 Å². The zero-order valence-corrected chi connectivity index (χ0v) is 11.8. The van der Waals surface area contributed by atoms with Gasteiger partial charge < -0.3 is 5.32 Å². The Hall–Kier alpha value is -1.14. The van der Waals surface area contributed by atoms with Crippen molar-refractivity contribution in [1.29, 1.82) is 0 Å². The van der Waals surface area contributed by atoms with E-state index >= 15 is 0 Å². The zero-order chi connectivity index (χ0) is 13.8. The molecule has 1 heterocycles. The van der Waals surface area contributed by atoms with Gasteiger partial charge >= 0.3 is 0 Å². The topological polar surface area (TPSA) is 76.1 Å². The first-order valence-corrected chi connectivity index (χ1v) is 7.81. The highest BCUT2D eigenvalue weighted by atomic mass is 35.5. The highest BCUT2D eigenvalue weighted by Crippen LogP contribution is 2.15. The minimum absolute atomic E-state index is 0.0488. The van der Waals surface area contributed by atoms with Gasteiger partial charge in [0.05, 0.1) is 16.3 Å². The molecule has 5 nitrogen and oxygen atoms in total. The monoisotopic (exact) mass is 290 g/mol. The normalized spacial score (nSPS) is 11.3. The molecular formula is C11H15ClN2O3S. The van der Waals surface area contributed by atoms with Crippen LogP contribution in [0.25, 0.3) is 0 Å². The second-order valence-electron chi connectivity index (χ2n) is 4.04. The van der Waals surface area contributed by atoms with Gasteiger partial charge in [0.25, 0.3) is 5.91 Å². The van der Waals surface area contributed by atoms with Gasteiger partial charge in [-0.05, 0) is 19.4 Å². The standard InChI is InChI=1S/C11H15ClN2O3S/c1-8-6-10(12)9(7-14-8)11(15)13-4-3-5-18(2,16)17/h6-7H,3-5H2,1-2H3,(H,13,15). The summed E-state index contributed by atoms with van der Waals surface area (Å²) in [4.78, 5) is 15.7. The fourth-order valence-electron chi connectivity index (χ4n) is 1.33. The van der Waals surface area contributed by atoms with Crippen LogP contribution in [0.5, 0.6) is 0 Å². The molecular weight excluding hydrogens is 276 g/mol. The highest BCUT2D eigenvalue weighted by molar-refractivity contribution is 7.90. The number of aromatic nitrogens is 1. The number of halogens is 1. The Bertz CT molecular complexity index is 543. The fourth-order valence-corrected chi connectivity index (χ4v) is 2.29. The van der Waals surface area contributed by atoms with Crippen LogP contribution in [0.4, 0.5) is 0 Å². The van der Waals surface area contributed by atoms with Crippen LogP contribution >= 0.6 is 11.6 Å². The molecule has 0 spiro atoms. The maximum Gasteiger partial charge on any atom is 0.254 e. The van der Waals surface area contributed by atoms with Crippen molar-refractivity contribution < 1.29 is 13.2 Å². The molecule has 100 valence electrons. The van der Waals surface area contributed by atoms with Gasteiger partial charge in [0.15, 0.2) is 0 Å². The summed E-state index contributed by atoms with van der Waals surface area (Å²) in [5.74, 6) is -0.298. The van der Waals surface area contributed by atoms with E-state index < -0.39 is 9.84 Å². The maximum absolute atomic E-state index is 11.7. The van der Waals surface area contributed by atoms with Gasteiger partial charge in [-0.2, -0.15) is 0 Å². The van der Waals surface area contributed by atoms with Gasteiger partial charge in [0.1, 0.15) is 9.84 Å². The molecule has 7 heteroatoms. The molecule has 0 saturated carbocycles. The number of rotatable bonds is 5. The molecule has 1 rings (SSSR count). The van der Waals surface area contributed by atoms with Gasteiger partial charge in [0.2, 0.25) is 0 Å². The van der Waals surface area contributed by atoms with Gasteiger partial charge in [-0.15, -0.1) is 0 Å². The minimum atomic E-state index is -2.99. The Balaban J connectivity index is 2.51. The summed E-state index contributed by atoms with van der Waals surface area (Å²) in [6.07, 6.45) is 2.95. The Morgan fingerprint density at radius 2 is 2.17 bits per heavy atom.